The van der Waals surface area contributed by atoms with Crippen molar-refractivity contribution < 1.29 is 14.0 Å². The lowest BCUT2D eigenvalue weighted by Crippen LogP contribution is -2.29. The quantitative estimate of drug-likeness (QED) is 0.353. The minimum absolute atomic E-state index is 0.0542. The van der Waals surface area contributed by atoms with Crippen molar-refractivity contribution in [3.63, 3.8) is 0 Å². The van der Waals surface area contributed by atoms with Gasteiger partial charge in [0.15, 0.2) is 11.0 Å². The molecule has 0 saturated heterocycles. The monoisotopic (exact) mass is 473 g/mol. The average molecular weight is 474 g/mol. The van der Waals surface area contributed by atoms with Crippen molar-refractivity contribution in [2.75, 3.05) is 11.1 Å². The predicted molar refractivity (Wildman–Crippen MR) is 123 cm³/mol. The summed E-state index contributed by atoms with van der Waals surface area (Å²) >= 11 is 7.13. The average Bonchev–Trinajstić information content (AvgIpc) is 3.15. The maximum atomic E-state index is 13.9. The van der Waals surface area contributed by atoms with Crippen molar-refractivity contribution in [3.8, 4) is 0 Å². The molecule has 166 valence electrons. The minimum atomic E-state index is -0.605. The molecule has 0 bridgehead atoms. The molecule has 1 atom stereocenters. The third-order valence-electron chi connectivity index (χ3n) is 4.35. The molecule has 0 radical (unpaired) electrons. The van der Waals surface area contributed by atoms with Gasteiger partial charge < -0.3 is 15.2 Å². The molecule has 2 amide bonds. The summed E-state index contributed by atoms with van der Waals surface area (Å²) in [7, 11) is 0. The number of rotatable bonds is 9. The molecule has 2 N–H and O–H groups in total. The number of carbonyl (C=O) groups excluding carboxylic acids is 2. The number of hydrogen-bond acceptors (Lipinski definition) is 5. The van der Waals surface area contributed by atoms with Crippen LogP contribution in [0, 0.1) is 5.82 Å². The fourth-order valence-electron chi connectivity index (χ4n) is 2.91. The van der Waals surface area contributed by atoms with E-state index >= 15 is 0 Å². The molecule has 32 heavy (non-hydrogen) atoms. The Morgan fingerprint density at radius 3 is 2.75 bits per heavy atom. The van der Waals surface area contributed by atoms with E-state index in [2.05, 4.69) is 27.4 Å². The van der Waals surface area contributed by atoms with Gasteiger partial charge in [-0.15, -0.1) is 16.8 Å². The fourth-order valence-corrected chi connectivity index (χ4v) is 3.85. The molecule has 0 aliphatic heterocycles. The van der Waals surface area contributed by atoms with Gasteiger partial charge in [0.25, 0.3) is 5.91 Å². The van der Waals surface area contributed by atoms with E-state index < -0.39 is 17.8 Å². The number of carbonyl (C=O) groups is 2. The van der Waals surface area contributed by atoms with Crippen molar-refractivity contribution in [2.45, 2.75) is 24.7 Å². The molecular formula is C22H21ClFN5O2S. The third kappa shape index (κ3) is 5.95. The Bertz CT molecular complexity index is 1140. The third-order valence-corrected chi connectivity index (χ3v) is 5.55. The van der Waals surface area contributed by atoms with Crippen LogP contribution < -0.4 is 10.6 Å². The van der Waals surface area contributed by atoms with Crippen LogP contribution in [-0.2, 0) is 11.3 Å². The standard InChI is InChI=1S/C22H21ClFN5O2S/c1-3-11-29-20(14(2)25-21(31)17-9-4-5-10-18(17)24)27-28-22(29)32-13-19(30)26-16-8-6-7-15(23)12-16/h3-10,12,14H,1,11,13H2,2H3,(H,25,31)(H,26,30)/t14-/m1/s1. The first kappa shape index (κ1) is 23.5. The van der Waals surface area contributed by atoms with E-state index in [4.69, 9.17) is 11.6 Å². The van der Waals surface area contributed by atoms with Crippen LogP contribution in [0.25, 0.3) is 0 Å². The molecule has 1 aromatic heterocycles. The molecule has 7 nitrogen and oxygen atoms in total. The van der Waals surface area contributed by atoms with Gasteiger partial charge in [-0.2, -0.15) is 0 Å². The van der Waals surface area contributed by atoms with Gasteiger partial charge in [0, 0.05) is 17.3 Å². The van der Waals surface area contributed by atoms with Crippen molar-refractivity contribution in [3.05, 3.63) is 83.4 Å². The highest BCUT2D eigenvalue weighted by atomic mass is 35.5. The van der Waals surface area contributed by atoms with E-state index in [1.165, 1.54) is 30.0 Å². The molecule has 10 heteroatoms. The van der Waals surface area contributed by atoms with Crippen molar-refractivity contribution in [1.82, 2.24) is 20.1 Å². The zero-order chi connectivity index (χ0) is 23.1. The van der Waals surface area contributed by atoms with Gasteiger partial charge in [0.05, 0.1) is 17.4 Å². The second-order valence-electron chi connectivity index (χ2n) is 6.76. The summed E-state index contributed by atoms with van der Waals surface area (Å²) < 4.78 is 15.6. The van der Waals surface area contributed by atoms with Gasteiger partial charge in [0.1, 0.15) is 5.82 Å². The summed E-state index contributed by atoms with van der Waals surface area (Å²) in [6.45, 7) is 5.84. The summed E-state index contributed by atoms with van der Waals surface area (Å²) in [5, 5.41) is 14.8. The number of aromatic nitrogens is 3. The number of thioether (sulfide) groups is 1. The molecule has 0 spiro atoms. The summed E-state index contributed by atoms with van der Waals surface area (Å²) in [5.41, 5.74) is 0.544. The first-order valence-corrected chi connectivity index (χ1v) is 11.0. The largest absolute Gasteiger partial charge is 0.342 e. The number of anilines is 1. The van der Waals surface area contributed by atoms with Crippen LogP contribution in [0.2, 0.25) is 5.02 Å². The minimum Gasteiger partial charge on any atom is -0.342 e. The van der Waals surface area contributed by atoms with Crippen LogP contribution in [0.3, 0.4) is 0 Å². The first-order chi connectivity index (χ1) is 15.4. The molecule has 1 heterocycles. The highest BCUT2D eigenvalue weighted by molar-refractivity contribution is 7.99. The normalized spacial score (nSPS) is 11.6. The van der Waals surface area contributed by atoms with Crippen LogP contribution in [0.5, 0.6) is 0 Å². The second kappa shape index (κ2) is 10.9. The topological polar surface area (TPSA) is 88.9 Å². The number of benzene rings is 2. The van der Waals surface area contributed by atoms with Crippen LogP contribution >= 0.6 is 23.4 Å². The Morgan fingerprint density at radius 2 is 2.03 bits per heavy atom. The van der Waals surface area contributed by atoms with Gasteiger partial charge >= 0.3 is 0 Å². The maximum absolute atomic E-state index is 13.9. The molecular weight excluding hydrogens is 453 g/mol. The Balaban J connectivity index is 1.67. The lowest BCUT2D eigenvalue weighted by molar-refractivity contribution is -0.113. The molecule has 2 aromatic carbocycles. The van der Waals surface area contributed by atoms with E-state index in [-0.39, 0.29) is 17.2 Å². The number of nitrogens with zero attached hydrogens (tertiary/aromatic N) is 3. The van der Waals surface area contributed by atoms with Crippen molar-refractivity contribution >= 4 is 40.9 Å². The lowest BCUT2D eigenvalue weighted by Gasteiger charge is -2.15. The highest BCUT2D eigenvalue weighted by Crippen LogP contribution is 2.22. The Labute approximate surface area is 194 Å². The molecule has 3 aromatic rings. The number of nitrogens with one attached hydrogen (secondary N) is 2. The Hall–Kier alpha value is -3.17. The summed E-state index contributed by atoms with van der Waals surface area (Å²) in [6, 6.07) is 12.1. The fraction of sp³-hybridized carbons (Fsp3) is 0.182. The number of amides is 2. The lowest BCUT2D eigenvalue weighted by atomic mass is 10.2. The predicted octanol–water partition coefficient (Wildman–Crippen LogP) is 4.48. The number of hydrogen-bond donors (Lipinski definition) is 2. The number of halogens is 2. The van der Waals surface area contributed by atoms with Crippen molar-refractivity contribution in [2.24, 2.45) is 0 Å². The van der Waals surface area contributed by atoms with Gasteiger partial charge in [-0.05, 0) is 37.3 Å². The van der Waals surface area contributed by atoms with Crippen LogP contribution in [0.1, 0.15) is 29.1 Å². The Kier molecular flexibility index (Phi) is 8.02. The first-order valence-electron chi connectivity index (χ1n) is 9.66. The summed E-state index contributed by atoms with van der Waals surface area (Å²) in [4.78, 5) is 24.7. The molecule has 0 unspecified atom stereocenters. The van der Waals surface area contributed by atoms with Gasteiger partial charge in [-0.3, -0.25) is 9.59 Å². The van der Waals surface area contributed by atoms with Crippen LogP contribution in [0.15, 0.2) is 66.3 Å². The van der Waals surface area contributed by atoms with E-state index in [1.807, 2.05) is 0 Å². The van der Waals surface area contributed by atoms with Crippen LogP contribution in [0.4, 0.5) is 10.1 Å². The second-order valence-corrected chi connectivity index (χ2v) is 8.14. The molecule has 0 saturated carbocycles. The van der Waals surface area contributed by atoms with Gasteiger partial charge in [0.2, 0.25) is 5.91 Å². The smallest absolute Gasteiger partial charge is 0.254 e. The van der Waals surface area contributed by atoms with Gasteiger partial charge in [-0.25, -0.2) is 4.39 Å². The zero-order valence-corrected chi connectivity index (χ0v) is 18.8. The zero-order valence-electron chi connectivity index (χ0n) is 17.2. The van der Waals surface area contributed by atoms with Gasteiger partial charge in [-0.1, -0.05) is 47.6 Å². The molecule has 0 aliphatic carbocycles. The molecule has 3 rings (SSSR count). The molecule has 0 aliphatic rings. The summed E-state index contributed by atoms with van der Waals surface area (Å²) in [6.07, 6.45) is 1.66. The SMILES string of the molecule is C=CCn1c(SCC(=O)Nc2cccc(Cl)c2)nnc1[C@@H](C)NC(=O)c1ccccc1F. The van der Waals surface area contributed by atoms with E-state index in [1.54, 1.807) is 47.9 Å². The highest BCUT2D eigenvalue weighted by Gasteiger charge is 2.21. The van der Waals surface area contributed by atoms with Crippen LogP contribution in [-0.4, -0.2) is 32.3 Å². The van der Waals surface area contributed by atoms with Crippen molar-refractivity contribution in [1.29, 1.82) is 0 Å². The Morgan fingerprint density at radius 1 is 1.25 bits per heavy atom. The van der Waals surface area contributed by atoms with E-state index in [0.717, 1.165) is 0 Å². The maximum Gasteiger partial charge on any atom is 0.254 e. The molecule has 0 fully saturated rings. The van der Waals surface area contributed by atoms with E-state index in [9.17, 15) is 14.0 Å². The summed E-state index contributed by atoms with van der Waals surface area (Å²) in [5.74, 6) is -0.830. The van der Waals surface area contributed by atoms with E-state index in [0.29, 0.717) is 28.2 Å². The number of allylic oxidation sites excluding steroid dienone is 1.